The Morgan fingerprint density at radius 3 is 1.00 bits per heavy atom. The first-order chi connectivity index (χ1) is 5.91. The van der Waals surface area contributed by atoms with Crippen molar-refractivity contribution >= 4 is 14.7 Å². The van der Waals surface area contributed by atoms with Gasteiger partial charge in [-0.1, -0.05) is 0 Å². The van der Waals surface area contributed by atoms with Crippen molar-refractivity contribution in [1.82, 2.24) is 0 Å². The van der Waals surface area contributed by atoms with E-state index >= 15 is 0 Å². The van der Waals surface area contributed by atoms with Gasteiger partial charge in [0.15, 0.2) is 0 Å². The van der Waals surface area contributed by atoms with Crippen LogP contribution >= 0.6 is 0 Å². The molecule has 0 saturated heterocycles. The Labute approximate surface area is 89.8 Å². The van der Waals surface area contributed by atoms with Crippen molar-refractivity contribution in [3.63, 3.8) is 0 Å². The fourth-order valence-corrected chi connectivity index (χ4v) is 9.21. The Bertz CT molecular complexity index is 92.5. The predicted octanol–water partition coefficient (Wildman–Crippen LogP) is 4.45. The minimum atomic E-state index is -0.476. The van der Waals surface area contributed by atoms with Crippen molar-refractivity contribution in [1.29, 1.82) is 0 Å². The van der Waals surface area contributed by atoms with Crippen molar-refractivity contribution in [3.05, 3.63) is 0 Å². The van der Waals surface area contributed by atoms with Gasteiger partial charge in [-0.05, 0) is 0 Å². The summed E-state index contributed by atoms with van der Waals surface area (Å²) in [5.74, 6) is 2.78. The van der Waals surface area contributed by atoms with E-state index in [1.807, 2.05) is 0 Å². The molecule has 13 heavy (non-hydrogen) atoms. The molecule has 0 amide bonds. The van der Waals surface area contributed by atoms with Crippen LogP contribution in [0.4, 0.5) is 0 Å². The summed E-state index contributed by atoms with van der Waals surface area (Å²) >= 11 is -0.476. The molecule has 0 unspecified atom stereocenters. The first kappa shape index (κ1) is 13.6. The van der Waals surface area contributed by atoms with E-state index < -0.39 is 14.7 Å². The van der Waals surface area contributed by atoms with E-state index in [4.69, 9.17) is 0 Å². The number of hydrogen-bond acceptors (Lipinski definition) is 0. The maximum atomic E-state index is 2.38. The average Bonchev–Trinajstić information content (AvgIpc) is 1.80. The molecule has 0 atom stereocenters. The topological polar surface area (TPSA) is 0 Å². The van der Waals surface area contributed by atoms with Gasteiger partial charge in [0.1, 0.15) is 0 Å². The molecular weight excluding hydrogens is 219 g/mol. The molecule has 0 bridgehead atoms. The zero-order valence-corrected chi connectivity index (χ0v) is 12.2. The van der Waals surface area contributed by atoms with Crippen LogP contribution < -0.4 is 0 Å². The summed E-state index contributed by atoms with van der Waals surface area (Å²) in [4.78, 5) is 0. The van der Waals surface area contributed by atoms with Crippen molar-refractivity contribution in [2.45, 2.75) is 57.2 Å². The van der Waals surface area contributed by atoms with E-state index in [1.54, 1.807) is 15.6 Å². The number of hydrogen-bond donors (Lipinski definition) is 0. The average molecular weight is 246 g/mol. The van der Waals surface area contributed by atoms with Crippen molar-refractivity contribution < 1.29 is 0 Å². The monoisotopic (exact) mass is 246 g/mol. The summed E-state index contributed by atoms with van der Waals surface area (Å²) in [5, 5.41) is 4.68. The molecule has 0 nitrogen and oxygen atoms in total. The van der Waals surface area contributed by atoms with E-state index in [9.17, 15) is 0 Å². The van der Waals surface area contributed by atoms with Gasteiger partial charge in [-0.25, -0.2) is 0 Å². The van der Waals surface area contributed by atoms with Crippen LogP contribution in [-0.4, -0.2) is 14.7 Å². The summed E-state index contributed by atoms with van der Waals surface area (Å²) in [7, 11) is 0. The molecule has 1 heteroatoms. The molecule has 0 N–H and O–H groups in total. The molecule has 0 aromatic carbocycles. The second-order valence-electron chi connectivity index (χ2n) is 5.40. The molecule has 80 valence electrons. The van der Waals surface area contributed by atoms with Crippen LogP contribution in [0.3, 0.4) is 0 Å². The Hall–Kier alpha value is 0.558. The Kier molecular flexibility index (Phi) is 7.23. The molecular formula is C12H27As. The fraction of sp³-hybridized carbons (Fsp3) is 1.00. The van der Waals surface area contributed by atoms with Gasteiger partial charge >= 0.3 is 89.6 Å². The molecule has 0 aromatic heterocycles. The van der Waals surface area contributed by atoms with Gasteiger partial charge in [-0.15, -0.1) is 0 Å². The quantitative estimate of drug-likeness (QED) is 0.607. The summed E-state index contributed by atoms with van der Waals surface area (Å²) in [6.07, 6.45) is 0. The van der Waals surface area contributed by atoms with Crippen molar-refractivity contribution in [2.75, 3.05) is 0 Å². The van der Waals surface area contributed by atoms with Crippen LogP contribution in [0.25, 0.3) is 0 Å². The fourth-order valence-electron chi connectivity index (χ4n) is 1.77. The standard InChI is InChI=1S/C12H27As/c1-10(2)7-13(8-11(3)4)9-12(5)6/h10-12H,7-9H2,1-6H3. The first-order valence-corrected chi connectivity index (χ1v) is 9.62. The normalized spacial score (nSPS) is 12.5. The van der Waals surface area contributed by atoms with Crippen molar-refractivity contribution in [2.24, 2.45) is 17.8 Å². The molecule has 0 radical (unpaired) electrons. The van der Waals surface area contributed by atoms with Crippen LogP contribution in [0.2, 0.25) is 15.6 Å². The van der Waals surface area contributed by atoms with Crippen LogP contribution in [0.1, 0.15) is 41.5 Å². The SMILES string of the molecule is CC(C)C[As](CC(C)C)CC(C)C. The van der Waals surface area contributed by atoms with Crippen LogP contribution in [-0.2, 0) is 0 Å². The number of rotatable bonds is 6. The zero-order chi connectivity index (χ0) is 10.4. The van der Waals surface area contributed by atoms with Gasteiger partial charge < -0.3 is 0 Å². The summed E-state index contributed by atoms with van der Waals surface area (Å²) in [6.45, 7) is 14.3. The summed E-state index contributed by atoms with van der Waals surface area (Å²) in [5.41, 5.74) is 0. The molecule has 0 aliphatic carbocycles. The minimum absolute atomic E-state index is 0.476. The Morgan fingerprint density at radius 2 is 0.846 bits per heavy atom. The van der Waals surface area contributed by atoms with E-state index in [2.05, 4.69) is 41.5 Å². The maximum absolute atomic E-state index is 2.38. The van der Waals surface area contributed by atoms with Gasteiger partial charge in [-0.2, -0.15) is 0 Å². The second-order valence-corrected chi connectivity index (χ2v) is 10.5. The third-order valence-corrected chi connectivity index (χ3v) is 9.72. The van der Waals surface area contributed by atoms with E-state index in [0.29, 0.717) is 0 Å². The van der Waals surface area contributed by atoms with Gasteiger partial charge in [-0.3, -0.25) is 0 Å². The van der Waals surface area contributed by atoms with E-state index in [-0.39, 0.29) is 0 Å². The second kappa shape index (κ2) is 6.93. The third kappa shape index (κ3) is 8.88. The Balaban J connectivity index is 3.87. The zero-order valence-electron chi connectivity index (χ0n) is 10.3. The van der Waals surface area contributed by atoms with Gasteiger partial charge in [0.25, 0.3) is 0 Å². The molecule has 0 spiro atoms. The van der Waals surface area contributed by atoms with Crippen LogP contribution in [0.15, 0.2) is 0 Å². The molecule has 0 saturated carbocycles. The van der Waals surface area contributed by atoms with Gasteiger partial charge in [0, 0.05) is 0 Å². The van der Waals surface area contributed by atoms with Gasteiger partial charge in [0.05, 0.1) is 0 Å². The Morgan fingerprint density at radius 1 is 0.615 bits per heavy atom. The molecule has 0 aliphatic heterocycles. The molecule has 0 rings (SSSR count). The third-order valence-electron chi connectivity index (χ3n) is 1.87. The van der Waals surface area contributed by atoms with E-state index in [0.717, 1.165) is 17.8 Å². The van der Waals surface area contributed by atoms with Crippen molar-refractivity contribution in [3.8, 4) is 0 Å². The summed E-state index contributed by atoms with van der Waals surface area (Å²) < 4.78 is 0. The molecule has 0 fully saturated rings. The van der Waals surface area contributed by atoms with Crippen LogP contribution in [0, 0.1) is 17.8 Å². The first-order valence-electron chi connectivity index (χ1n) is 5.64. The summed E-state index contributed by atoms with van der Waals surface area (Å²) in [6, 6.07) is 0. The van der Waals surface area contributed by atoms with Gasteiger partial charge in [0.2, 0.25) is 0 Å². The van der Waals surface area contributed by atoms with Crippen LogP contribution in [0.5, 0.6) is 0 Å². The predicted molar refractivity (Wildman–Crippen MR) is 64.7 cm³/mol. The van der Waals surface area contributed by atoms with E-state index in [1.165, 1.54) is 0 Å². The molecule has 0 heterocycles. The molecule has 0 aliphatic rings. The molecule has 0 aromatic rings.